The molecule has 0 aliphatic rings. The van der Waals surface area contributed by atoms with Crippen LogP contribution in [0.5, 0.6) is 0 Å². The van der Waals surface area contributed by atoms with Gasteiger partial charge >= 0.3 is 5.69 Å². The first-order chi connectivity index (χ1) is 11.0. The molecule has 1 aromatic heterocycles. The fourth-order valence-corrected chi connectivity index (χ4v) is 2.45. The van der Waals surface area contributed by atoms with Crippen LogP contribution in [0, 0.1) is 5.82 Å². The third kappa shape index (κ3) is 3.31. The number of halogens is 1. The fourth-order valence-electron chi connectivity index (χ4n) is 2.45. The zero-order valence-corrected chi connectivity index (χ0v) is 12.6. The minimum atomic E-state index is -0.379. The van der Waals surface area contributed by atoms with Crippen molar-refractivity contribution in [2.24, 2.45) is 0 Å². The number of fused-ring (bicyclic) bond motifs is 1. The van der Waals surface area contributed by atoms with Crippen molar-refractivity contribution in [3.05, 3.63) is 69.9 Å². The van der Waals surface area contributed by atoms with Crippen molar-refractivity contribution in [3.8, 4) is 0 Å². The number of hydrogen-bond donors (Lipinski definition) is 2. The van der Waals surface area contributed by atoms with Crippen LogP contribution in [0.3, 0.4) is 0 Å². The number of aromatic nitrogens is 2. The Hall–Kier alpha value is -2.89. The van der Waals surface area contributed by atoms with Crippen molar-refractivity contribution in [2.45, 2.75) is 20.0 Å². The number of benzene rings is 2. The Balaban J connectivity index is 1.84. The van der Waals surface area contributed by atoms with Gasteiger partial charge in [-0.2, -0.15) is 0 Å². The van der Waals surface area contributed by atoms with Gasteiger partial charge in [-0.1, -0.05) is 24.3 Å². The Bertz CT molecular complexity index is 910. The molecule has 3 aromatic rings. The smallest absolute Gasteiger partial charge is 0.326 e. The van der Waals surface area contributed by atoms with Crippen LogP contribution < -0.4 is 11.0 Å². The molecule has 2 N–H and O–H groups in total. The van der Waals surface area contributed by atoms with Gasteiger partial charge in [-0.05, 0) is 29.3 Å². The normalized spacial score (nSPS) is 10.9. The summed E-state index contributed by atoms with van der Waals surface area (Å²) >= 11 is 0. The number of rotatable bonds is 4. The van der Waals surface area contributed by atoms with Crippen molar-refractivity contribution in [1.29, 1.82) is 0 Å². The molecule has 0 bridgehead atoms. The highest BCUT2D eigenvalue weighted by Crippen LogP contribution is 2.14. The molecule has 3 rings (SSSR count). The van der Waals surface area contributed by atoms with Gasteiger partial charge in [0.25, 0.3) is 0 Å². The molecule has 0 saturated heterocycles. The van der Waals surface area contributed by atoms with Crippen molar-refractivity contribution in [1.82, 2.24) is 14.9 Å². The monoisotopic (exact) mass is 313 g/mol. The Morgan fingerprint density at radius 1 is 1.17 bits per heavy atom. The SMILES string of the molecule is CC(=O)NCc1ccc(Cn2c(=O)[nH]c3ccc(F)cc32)cc1. The topological polar surface area (TPSA) is 66.9 Å². The molecule has 0 spiro atoms. The second-order valence-corrected chi connectivity index (χ2v) is 5.40. The minimum absolute atomic E-state index is 0.0820. The Morgan fingerprint density at radius 3 is 2.57 bits per heavy atom. The van der Waals surface area contributed by atoms with Gasteiger partial charge in [0.15, 0.2) is 0 Å². The minimum Gasteiger partial charge on any atom is -0.352 e. The predicted molar refractivity (Wildman–Crippen MR) is 85.6 cm³/mol. The molecular weight excluding hydrogens is 297 g/mol. The molecule has 1 amide bonds. The molecule has 6 heteroatoms. The highest BCUT2D eigenvalue weighted by molar-refractivity contribution is 5.75. The first kappa shape index (κ1) is 15.0. The number of hydrogen-bond acceptors (Lipinski definition) is 2. The average Bonchev–Trinajstić information content (AvgIpc) is 2.82. The molecule has 23 heavy (non-hydrogen) atoms. The Kier molecular flexibility index (Phi) is 3.97. The van der Waals surface area contributed by atoms with Crippen LogP contribution in [0.25, 0.3) is 11.0 Å². The first-order valence-corrected chi connectivity index (χ1v) is 7.23. The molecule has 0 aliphatic heterocycles. The summed E-state index contributed by atoms with van der Waals surface area (Å²) in [6.45, 7) is 2.29. The number of carbonyl (C=O) groups is 1. The first-order valence-electron chi connectivity index (χ1n) is 7.23. The Morgan fingerprint density at radius 2 is 1.87 bits per heavy atom. The standard InChI is InChI=1S/C17H16FN3O2/c1-11(22)19-9-12-2-4-13(5-3-12)10-21-16-8-14(18)6-7-15(16)20-17(21)23/h2-8H,9-10H2,1H3,(H,19,22)(H,20,23). The summed E-state index contributed by atoms with van der Waals surface area (Å²) in [5.74, 6) is -0.461. The largest absolute Gasteiger partial charge is 0.352 e. The summed E-state index contributed by atoms with van der Waals surface area (Å²) in [6, 6.07) is 11.8. The summed E-state index contributed by atoms with van der Waals surface area (Å²) in [5.41, 5.74) is 2.77. The number of nitrogens with one attached hydrogen (secondary N) is 2. The summed E-state index contributed by atoms with van der Waals surface area (Å²) in [5, 5.41) is 2.73. The second kappa shape index (κ2) is 6.08. The van der Waals surface area contributed by atoms with E-state index < -0.39 is 0 Å². The van der Waals surface area contributed by atoms with Gasteiger partial charge in [0.05, 0.1) is 17.6 Å². The van der Waals surface area contributed by atoms with E-state index in [4.69, 9.17) is 0 Å². The summed E-state index contributed by atoms with van der Waals surface area (Å²) in [4.78, 5) is 25.6. The highest BCUT2D eigenvalue weighted by Gasteiger charge is 2.08. The van der Waals surface area contributed by atoms with Crippen LogP contribution in [-0.4, -0.2) is 15.5 Å². The Labute approximate surface area is 131 Å². The molecule has 0 radical (unpaired) electrons. The number of carbonyl (C=O) groups excluding carboxylic acids is 1. The lowest BCUT2D eigenvalue weighted by atomic mass is 10.1. The molecule has 5 nitrogen and oxygen atoms in total. The predicted octanol–water partition coefficient (Wildman–Crippen LogP) is 2.15. The summed E-state index contributed by atoms with van der Waals surface area (Å²) < 4.78 is 14.9. The zero-order valence-electron chi connectivity index (χ0n) is 12.6. The van der Waals surface area contributed by atoms with Gasteiger partial charge in [-0.25, -0.2) is 9.18 Å². The average molecular weight is 313 g/mol. The van der Waals surface area contributed by atoms with Gasteiger partial charge in [0, 0.05) is 13.5 Å². The van der Waals surface area contributed by atoms with Crippen molar-refractivity contribution in [2.75, 3.05) is 0 Å². The molecule has 0 atom stereocenters. The molecular formula is C17H16FN3O2. The van der Waals surface area contributed by atoms with Gasteiger partial charge in [-0.15, -0.1) is 0 Å². The van der Waals surface area contributed by atoms with Crippen molar-refractivity contribution in [3.63, 3.8) is 0 Å². The lowest BCUT2D eigenvalue weighted by molar-refractivity contribution is -0.119. The maximum Gasteiger partial charge on any atom is 0.326 e. The zero-order chi connectivity index (χ0) is 16.4. The second-order valence-electron chi connectivity index (χ2n) is 5.40. The van der Waals surface area contributed by atoms with Gasteiger partial charge in [0.1, 0.15) is 5.82 Å². The van der Waals surface area contributed by atoms with Crippen LogP contribution in [0.15, 0.2) is 47.3 Å². The van der Waals surface area contributed by atoms with Gasteiger partial charge in [0.2, 0.25) is 5.91 Å². The number of nitrogens with zero attached hydrogens (tertiary/aromatic N) is 1. The molecule has 118 valence electrons. The van der Waals surface area contributed by atoms with Gasteiger partial charge < -0.3 is 10.3 Å². The van der Waals surface area contributed by atoms with E-state index in [9.17, 15) is 14.0 Å². The van der Waals surface area contributed by atoms with Crippen molar-refractivity contribution < 1.29 is 9.18 Å². The fraction of sp³-hybridized carbons (Fsp3) is 0.176. The molecule has 0 saturated carbocycles. The third-order valence-electron chi connectivity index (χ3n) is 3.64. The number of H-pyrrole nitrogens is 1. The maximum absolute atomic E-state index is 13.4. The summed E-state index contributed by atoms with van der Waals surface area (Å²) in [7, 11) is 0. The van der Waals surface area contributed by atoms with Crippen molar-refractivity contribution >= 4 is 16.9 Å². The van der Waals surface area contributed by atoms with Crippen LogP contribution in [0.4, 0.5) is 4.39 Å². The van der Waals surface area contributed by atoms with Gasteiger partial charge in [-0.3, -0.25) is 9.36 Å². The van der Waals surface area contributed by atoms with Crippen LogP contribution in [0.1, 0.15) is 18.1 Å². The van der Waals surface area contributed by atoms with E-state index in [-0.39, 0.29) is 17.4 Å². The number of aromatic amines is 1. The lowest BCUT2D eigenvalue weighted by Gasteiger charge is -2.06. The van der Waals surface area contributed by atoms with E-state index in [1.54, 1.807) is 6.07 Å². The van der Waals surface area contributed by atoms with E-state index >= 15 is 0 Å². The molecule has 0 aliphatic carbocycles. The molecule has 1 heterocycles. The van der Waals surface area contributed by atoms with Crippen LogP contribution in [0.2, 0.25) is 0 Å². The van der Waals surface area contributed by atoms with E-state index in [0.717, 1.165) is 11.1 Å². The molecule has 2 aromatic carbocycles. The van der Waals surface area contributed by atoms with E-state index in [1.807, 2.05) is 24.3 Å². The van der Waals surface area contributed by atoms with Crippen LogP contribution in [-0.2, 0) is 17.9 Å². The number of amides is 1. The maximum atomic E-state index is 13.4. The third-order valence-corrected chi connectivity index (χ3v) is 3.64. The molecule has 0 fully saturated rings. The lowest BCUT2D eigenvalue weighted by Crippen LogP contribution is -2.19. The van der Waals surface area contributed by atoms with E-state index in [2.05, 4.69) is 10.3 Å². The highest BCUT2D eigenvalue weighted by atomic mass is 19.1. The number of imidazole rings is 1. The van der Waals surface area contributed by atoms with E-state index in [1.165, 1.54) is 23.6 Å². The quantitative estimate of drug-likeness (QED) is 0.775. The van der Waals surface area contributed by atoms with Crippen LogP contribution >= 0.6 is 0 Å². The van der Waals surface area contributed by atoms with E-state index in [0.29, 0.717) is 24.1 Å². The summed E-state index contributed by atoms with van der Waals surface area (Å²) in [6.07, 6.45) is 0. The molecule has 0 unspecified atom stereocenters.